The average Bonchev–Trinajstić information content (AvgIpc) is 2.37. The molecule has 1 aliphatic rings. The van der Waals surface area contributed by atoms with Crippen LogP contribution in [0, 0.1) is 5.92 Å². The summed E-state index contributed by atoms with van der Waals surface area (Å²) in [5.74, 6) is -4.19. The molecule has 0 N–H and O–H groups in total. The monoisotopic (exact) mass is 270 g/mol. The molecule has 0 bridgehead atoms. The van der Waals surface area contributed by atoms with E-state index in [1.807, 2.05) is 13.0 Å². The van der Waals surface area contributed by atoms with Crippen molar-refractivity contribution in [3.63, 3.8) is 0 Å². The van der Waals surface area contributed by atoms with Crippen LogP contribution in [0.1, 0.15) is 34.8 Å². The third-order valence-corrected chi connectivity index (χ3v) is 3.46. The molecule has 0 heterocycles. The Balaban J connectivity index is 2.36. The van der Waals surface area contributed by atoms with E-state index in [4.69, 9.17) is 0 Å². The van der Waals surface area contributed by atoms with Gasteiger partial charge in [-0.3, -0.25) is 9.59 Å². The number of halogens is 3. The minimum atomic E-state index is -4.94. The lowest BCUT2D eigenvalue weighted by atomic mass is 9.79. The first kappa shape index (κ1) is 13.8. The molecule has 0 aromatic heterocycles. The van der Waals surface area contributed by atoms with Gasteiger partial charge in [-0.25, -0.2) is 0 Å². The van der Waals surface area contributed by atoms with Crippen molar-refractivity contribution in [3.05, 3.63) is 34.9 Å². The Kier molecular flexibility index (Phi) is 3.47. The molecule has 0 aliphatic heterocycles. The number of carbonyl (C=O) groups excluding carboxylic acids is 2. The fourth-order valence-electron chi connectivity index (χ4n) is 2.36. The Morgan fingerprint density at radius 2 is 2.05 bits per heavy atom. The van der Waals surface area contributed by atoms with E-state index in [0.717, 1.165) is 11.1 Å². The fraction of sp³-hybridized carbons (Fsp3) is 0.429. The maximum absolute atomic E-state index is 12.4. The minimum absolute atomic E-state index is 0.0599. The predicted octanol–water partition coefficient (Wildman–Crippen LogP) is 3.13. The summed E-state index contributed by atoms with van der Waals surface area (Å²) in [7, 11) is 0. The molecule has 1 aromatic rings. The van der Waals surface area contributed by atoms with Crippen molar-refractivity contribution in [3.8, 4) is 0 Å². The van der Waals surface area contributed by atoms with Gasteiger partial charge in [0.05, 0.1) is 5.92 Å². The Morgan fingerprint density at radius 3 is 2.63 bits per heavy atom. The van der Waals surface area contributed by atoms with Crippen molar-refractivity contribution >= 4 is 11.6 Å². The second kappa shape index (κ2) is 4.79. The van der Waals surface area contributed by atoms with E-state index in [1.54, 1.807) is 12.1 Å². The van der Waals surface area contributed by atoms with Crippen LogP contribution in [-0.4, -0.2) is 17.7 Å². The second-order valence-corrected chi connectivity index (χ2v) is 4.66. The molecule has 0 saturated heterocycles. The molecule has 0 spiro atoms. The quantitative estimate of drug-likeness (QED) is 0.774. The van der Waals surface area contributed by atoms with E-state index >= 15 is 0 Å². The van der Waals surface area contributed by atoms with Gasteiger partial charge in [-0.2, -0.15) is 13.2 Å². The maximum atomic E-state index is 12.4. The molecule has 102 valence electrons. The van der Waals surface area contributed by atoms with Crippen molar-refractivity contribution in [1.29, 1.82) is 0 Å². The van der Waals surface area contributed by atoms with Gasteiger partial charge in [0.25, 0.3) is 0 Å². The van der Waals surface area contributed by atoms with Crippen LogP contribution >= 0.6 is 0 Å². The largest absolute Gasteiger partial charge is 0.450 e. The molecular formula is C14H13F3O2. The van der Waals surface area contributed by atoms with Crippen LogP contribution < -0.4 is 0 Å². The van der Waals surface area contributed by atoms with Gasteiger partial charge in [0.2, 0.25) is 5.78 Å². The zero-order chi connectivity index (χ0) is 14.2. The third kappa shape index (κ3) is 2.55. The van der Waals surface area contributed by atoms with E-state index in [9.17, 15) is 22.8 Å². The Hall–Kier alpha value is -1.65. The SMILES string of the molecule is CCc1ccc2c(c1)C(=O)C(C(=O)C(F)(F)F)CC2. The van der Waals surface area contributed by atoms with Crippen molar-refractivity contribution < 1.29 is 22.8 Å². The number of ketones is 2. The third-order valence-electron chi connectivity index (χ3n) is 3.46. The second-order valence-electron chi connectivity index (χ2n) is 4.66. The van der Waals surface area contributed by atoms with E-state index in [2.05, 4.69) is 0 Å². The topological polar surface area (TPSA) is 34.1 Å². The highest BCUT2D eigenvalue weighted by Crippen LogP contribution is 2.32. The van der Waals surface area contributed by atoms with Crippen LogP contribution in [0.4, 0.5) is 13.2 Å². The lowest BCUT2D eigenvalue weighted by molar-refractivity contribution is -0.174. The number of aryl methyl sites for hydroxylation is 2. The number of fused-ring (bicyclic) bond motifs is 1. The first-order chi connectivity index (χ1) is 8.84. The summed E-state index contributed by atoms with van der Waals surface area (Å²) >= 11 is 0. The molecule has 2 nitrogen and oxygen atoms in total. The molecule has 1 aromatic carbocycles. The zero-order valence-corrected chi connectivity index (χ0v) is 10.4. The van der Waals surface area contributed by atoms with Crippen LogP contribution in [0.3, 0.4) is 0 Å². The van der Waals surface area contributed by atoms with Crippen LogP contribution in [-0.2, 0) is 17.6 Å². The van der Waals surface area contributed by atoms with Crippen LogP contribution in [0.25, 0.3) is 0 Å². The van der Waals surface area contributed by atoms with Crippen LogP contribution in [0.2, 0.25) is 0 Å². The van der Waals surface area contributed by atoms with E-state index in [-0.39, 0.29) is 12.0 Å². The number of benzene rings is 1. The lowest BCUT2D eigenvalue weighted by Crippen LogP contribution is -2.38. The van der Waals surface area contributed by atoms with Crippen molar-refractivity contribution in [2.45, 2.75) is 32.4 Å². The summed E-state index contributed by atoms with van der Waals surface area (Å²) in [6, 6.07) is 5.23. The van der Waals surface area contributed by atoms with Crippen molar-refractivity contribution in [1.82, 2.24) is 0 Å². The summed E-state index contributed by atoms with van der Waals surface area (Å²) in [5, 5.41) is 0. The fourth-order valence-corrected chi connectivity index (χ4v) is 2.36. The van der Waals surface area contributed by atoms with Gasteiger partial charge >= 0.3 is 6.18 Å². The van der Waals surface area contributed by atoms with Gasteiger partial charge in [-0.1, -0.05) is 19.1 Å². The van der Waals surface area contributed by atoms with Gasteiger partial charge in [-0.05, 0) is 36.5 Å². The molecule has 19 heavy (non-hydrogen) atoms. The smallest absolute Gasteiger partial charge is 0.293 e. The zero-order valence-electron chi connectivity index (χ0n) is 10.4. The number of hydrogen-bond acceptors (Lipinski definition) is 2. The Labute approximate surface area is 108 Å². The van der Waals surface area contributed by atoms with Gasteiger partial charge in [0.1, 0.15) is 0 Å². The highest BCUT2D eigenvalue weighted by Gasteiger charge is 2.47. The number of Topliss-reactive ketones (excluding diaryl/α,β-unsaturated/α-hetero) is 2. The van der Waals surface area contributed by atoms with E-state index in [1.165, 1.54) is 0 Å². The first-order valence-corrected chi connectivity index (χ1v) is 6.11. The molecule has 1 aliphatic carbocycles. The van der Waals surface area contributed by atoms with E-state index in [0.29, 0.717) is 12.8 Å². The summed E-state index contributed by atoms with van der Waals surface area (Å²) < 4.78 is 37.3. The summed E-state index contributed by atoms with van der Waals surface area (Å²) in [4.78, 5) is 23.3. The molecule has 2 rings (SSSR count). The molecule has 0 amide bonds. The lowest BCUT2D eigenvalue weighted by Gasteiger charge is -2.23. The standard InChI is InChI=1S/C14H13F3O2/c1-2-8-3-4-9-5-6-10(12(18)11(9)7-8)13(19)14(15,16)17/h3-4,7,10H,2,5-6H2,1H3. The summed E-state index contributed by atoms with van der Waals surface area (Å²) in [5.41, 5.74) is 1.88. The summed E-state index contributed by atoms with van der Waals surface area (Å²) in [6.07, 6.45) is -3.98. The van der Waals surface area contributed by atoms with Gasteiger partial charge < -0.3 is 0 Å². The van der Waals surface area contributed by atoms with Gasteiger partial charge in [0.15, 0.2) is 5.78 Å². The molecule has 5 heteroatoms. The molecule has 0 saturated carbocycles. The number of carbonyl (C=O) groups is 2. The van der Waals surface area contributed by atoms with Crippen LogP contribution in [0.15, 0.2) is 18.2 Å². The number of alkyl halides is 3. The minimum Gasteiger partial charge on any atom is -0.293 e. The molecule has 1 atom stereocenters. The molecular weight excluding hydrogens is 257 g/mol. The molecule has 0 fully saturated rings. The highest BCUT2D eigenvalue weighted by molar-refractivity contribution is 6.13. The first-order valence-electron chi connectivity index (χ1n) is 6.11. The molecule has 0 radical (unpaired) electrons. The average molecular weight is 270 g/mol. The number of hydrogen-bond donors (Lipinski definition) is 0. The van der Waals surface area contributed by atoms with E-state index < -0.39 is 23.7 Å². The summed E-state index contributed by atoms with van der Waals surface area (Å²) in [6.45, 7) is 1.90. The maximum Gasteiger partial charge on any atom is 0.450 e. The Morgan fingerprint density at radius 1 is 1.37 bits per heavy atom. The van der Waals surface area contributed by atoms with Gasteiger partial charge in [-0.15, -0.1) is 0 Å². The predicted molar refractivity (Wildman–Crippen MR) is 63.0 cm³/mol. The van der Waals surface area contributed by atoms with Crippen molar-refractivity contribution in [2.24, 2.45) is 5.92 Å². The van der Waals surface area contributed by atoms with Crippen molar-refractivity contribution in [2.75, 3.05) is 0 Å². The van der Waals surface area contributed by atoms with Crippen LogP contribution in [0.5, 0.6) is 0 Å². The van der Waals surface area contributed by atoms with Gasteiger partial charge in [0, 0.05) is 5.56 Å². The highest BCUT2D eigenvalue weighted by atomic mass is 19.4. The molecule has 1 unspecified atom stereocenters. The normalized spacial score (nSPS) is 19.2. The Bertz CT molecular complexity index is 532. The number of rotatable bonds is 2.